The Morgan fingerprint density at radius 1 is 1.55 bits per heavy atom. The SMILES string of the molecule is CCC/C=C(Cl)\C=C(/C)NC. The second-order valence-corrected chi connectivity index (χ2v) is 2.89. The molecule has 1 nitrogen and oxygen atoms in total. The van der Waals surface area contributed by atoms with Crippen LogP contribution in [0.1, 0.15) is 26.7 Å². The Hall–Kier alpha value is -0.430. The first-order chi connectivity index (χ1) is 5.20. The van der Waals surface area contributed by atoms with E-state index in [4.69, 9.17) is 11.6 Å². The highest BCUT2D eigenvalue weighted by Gasteiger charge is 1.86. The number of allylic oxidation sites excluding steroid dienone is 4. The summed E-state index contributed by atoms with van der Waals surface area (Å²) in [6.45, 7) is 4.12. The highest BCUT2D eigenvalue weighted by atomic mass is 35.5. The Morgan fingerprint density at radius 2 is 2.18 bits per heavy atom. The van der Waals surface area contributed by atoms with Crippen molar-refractivity contribution in [3.05, 3.63) is 22.9 Å². The van der Waals surface area contributed by atoms with Crippen molar-refractivity contribution in [2.45, 2.75) is 26.7 Å². The predicted octanol–water partition coefficient (Wildman–Crippen LogP) is 3.03. The Balaban J connectivity index is 3.93. The van der Waals surface area contributed by atoms with Crippen LogP contribution in [-0.4, -0.2) is 7.05 Å². The van der Waals surface area contributed by atoms with Crippen LogP contribution in [0.25, 0.3) is 0 Å². The predicted molar refractivity (Wildman–Crippen MR) is 51.7 cm³/mol. The van der Waals surface area contributed by atoms with Gasteiger partial charge in [0.2, 0.25) is 0 Å². The molecule has 0 rings (SSSR count). The van der Waals surface area contributed by atoms with Crippen molar-refractivity contribution >= 4 is 11.6 Å². The van der Waals surface area contributed by atoms with Crippen molar-refractivity contribution in [2.75, 3.05) is 7.05 Å². The van der Waals surface area contributed by atoms with Gasteiger partial charge in [0.1, 0.15) is 0 Å². The molecule has 2 heteroatoms. The van der Waals surface area contributed by atoms with Gasteiger partial charge in [-0.1, -0.05) is 31.0 Å². The molecule has 0 radical (unpaired) electrons. The lowest BCUT2D eigenvalue weighted by molar-refractivity contribution is 0.954. The van der Waals surface area contributed by atoms with Gasteiger partial charge in [0.05, 0.1) is 0 Å². The van der Waals surface area contributed by atoms with Crippen LogP contribution in [0.4, 0.5) is 0 Å². The Labute approximate surface area is 74.1 Å². The molecule has 64 valence electrons. The van der Waals surface area contributed by atoms with E-state index in [0.29, 0.717) is 0 Å². The number of unbranched alkanes of at least 4 members (excludes halogenated alkanes) is 1. The molecule has 0 saturated heterocycles. The minimum atomic E-state index is 0.818. The van der Waals surface area contributed by atoms with Crippen LogP contribution in [-0.2, 0) is 0 Å². The fraction of sp³-hybridized carbons (Fsp3) is 0.556. The van der Waals surface area contributed by atoms with Crippen molar-refractivity contribution in [3.63, 3.8) is 0 Å². The molecule has 0 amide bonds. The molecule has 0 aromatic heterocycles. The zero-order valence-corrected chi connectivity index (χ0v) is 8.20. The third kappa shape index (κ3) is 5.99. The maximum atomic E-state index is 5.88. The van der Waals surface area contributed by atoms with E-state index in [1.54, 1.807) is 0 Å². The maximum Gasteiger partial charge on any atom is 0.0383 e. The van der Waals surface area contributed by atoms with Gasteiger partial charge < -0.3 is 5.32 Å². The molecule has 1 N–H and O–H groups in total. The summed E-state index contributed by atoms with van der Waals surface area (Å²) < 4.78 is 0. The Morgan fingerprint density at radius 3 is 2.64 bits per heavy atom. The molecular weight excluding hydrogens is 158 g/mol. The van der Waals surface area contributed by atoms with Gasteiger partial charge in [-0.25, -0.2) is 0 Å². The minimum Gasteiger partial charge on any atom is -0.392 e. The zero-order valence-electron chi connectivity index (χ0n) is 7.45. The fourth-order valence-electron chi connectivity index (χ4n) is 0.620. The molecule has 11 heavy (non-hydrogen) atoms. The highest BCUT2D eigenvalue weighted by molar-refractivity contribution is 6.31. The zero-order chi connectivity index (χ0) is 8.69. The molecule has 0 aromatic carbocycles. The van der Waals surface area contributed by atoms with Crippen molar-refractivity contribution in [2.24, 2.45) is 0 Å². The molecule has 0 fully saturated rings. The van der Waals surface area contributed by atoms with Crippen LogP contribution in [0.2, 0.25) is 0 Å². The topological polar surface area (TPSA) is 12.0 Å². The van der Waals surface area contributed by atoms with Crippen LogP contribution in [0, 0.1) is 0 Å². The van der Waals surface area contributed by atoms with Gasteiger partial charge >= 0.3 is 0 Å². The lowest BCUT2D eigenvalue weighted by Crippen LogP contribution is -2.00. The van der Waals surface area contributed by atoms with Gasteiger partial charge in [0.15, 0.2) is 0 Å². The lowest BCUT2D eigenvalue weighted by Gasteiger charge is -1.97. The normalized spacial score (nSPS) is 13.5. The van der Waals surface area contributed by atoms with Crippen LogP contribution < -0.4 is 5.32 Å². The van der Waals surface area contributed by atoms with Crippen molar-refractivity contribution in [3.8, 4) is 0 Å². The molecule has 0 spiro atoms. The van der Waals surface area contributed by atoms with E-state index < -0.39 is 0 Å². The lowest BCUT2D eigenvalue weighted by atomic mass is 10.3. The first-order valence-electron chi connectivity index (χ1n) is 3.92. The van der Waals surface area contributed by atoms with E-state index in [9.17, 15) is 0 Å². The smallest absolute Gasteiger partial charge is 0.0383 e. The Bertz CT molecular complexity index is 159. The van der Waals surface area contributed by atoms with E-state index >= 15 is 0 Å². The van der Waals surface area contributed by atoms with Gasteiger partial charge in [-0.05, 0) is 19.4 Å². The molecule has 0 heterocycles. The van der Waals surface area contributed by atoms with Crippen LogP contribution in [0.3, 0.4) is 0 Å². The molecule has 0 saturated carbocycles. The molecule has 0 bridgehead atoms. The summed E-state index contributed by atoms with van der Waals surface area (Å²) in [6, 6.07) is 0. The third-order valence-corrected chi connectivity index (χ3v) is 1.64. The summed E-state index contributed by atoms with van der Waals surface area (Å²) in [6.07, 6.45) is 6.15. The Kier molecular flexibility index (Phi) is 6.05. The van der Waals surface area contributed by atoms with Crippen molar-refractivity contribution < 1.29 is 0 Å². The van der Waals surface area contributed by atoms with E-state index in [1.807, 2.05) is 26.1 Å². The molecule has 0 atom stereocenters. The van der Waals surface area contributed by atoms with Crippen LogP contribution in [0.5, 0.6) is 0 Å². The summed E-state index contributed by atoms with van der Waals surface area (Å²) in [5.41, 5.74) is 1.09. The van der Waals surface area contributed by atoms with Gasteiger partial charge in [-0.15, -0.1) is 0 Å². The standard InChI is InChI=1S/C9H16ClN/c1-4-5-6-9(10)7-8(2)11-3/h6-7,11H,4-5H2,1-3H3/b8-7+,9-6+. The largest absolute Gasteiger partial charge is 0.392 e. The fourth-order valence-corrected chi connectivity index (χ4v) is 0.893. The first kappa shape index (κ1) is 10.6. The van der Waals surface area contributed by atoms with E-state index in [0.717, 1.165) is 23.6 Å². The van der Waals surface area contributed by atoms with E-state index in [1.165, 1.54) is 0 Å². The number of nitrogens with one attached hydrogen (secondary N) is 1. The number of hydrogen-bond acceptors (Lipinski definition) is 1. The molecular formula is C9H16ClN. The summed E-state index contributed by atoms with van der Waals surface area (Å²) in [7, 11) is 1.88. The number of rotatable bonds is 4. The minimum absolute atomic E-state index is 0.818. The quantitative estimate of drug-likeness (QED) is 0.645. The molecule has 0 aliphatic heterocycles. The second-order valence-electron chi connectivity index (χ2n) is 2.46. The third-order valence-electron chi connectivity index (χ3n) is 1.38. The average Bonchev–Trinajstić information content (AvgIpc) is 2.00. The van der Waals surface area contributed by atoms with Crippen LogP contribution in [0.15, 0.2) is 22.9 Å². The summed E-state index contributed by atoms with van der Waals surface area (Å²) in [5.74, 6) is 0. The van der Waals surface area contributed by atoms with E-state index in [2.05, 4.69) is 12.2 Å². The summed E-state index contributed by atoms with van der Waals surface area (Å²) in [4.78, 5) is 0. The summed E-state index contributed by atoms with van der Waals surface area (Å²) in [5, 5.41) is 3.83. The first-order valence-corrected chi connectivity index (χ1v) is 4.30. The molecule has 0 unspecified atom stereocenters. The average molecular weight is 174 g/mol. The highest BCUT2D eigenvalue weighted by Crippen LogP contribution is 2.07. The van der Waals surface area contributed by atoms with Crippen molar-refractivity contribution in [1.29, 1.82) is 0 Å². The van der Waals surface area contributed by atoms with Gasteiger partial charge in [0, 0.05) is 17.8 Å². The number of hydrogen-bond donors (Lipinski definition) is 1. The van der Waals surface area contributed by atoms with Gasteiger partial charge in [0.25, 0.3) is 0 Å². The molecule has 0 aromatic rings. The molecule has 0 aliphatic rings. The summed E-state index contributed by atoms with van der Waals surface area (Å²) >= 11 is 5.88. The van der Waals surface area contributed by atoms with Gasteiger partial charge in [-0.2, -0.15) is 0 Å². The number of halogens is 1. The molecule has 0 aliphatic carbocycles. The maximum absolute atomic E-state index is 5.88. The van der Waals surface area contributed by atoms with Crippen molar-refractivity contribution in [1.82, 2.24) is 5.32 Å². The van der Waals surface area contributed by atoms with E-state index in [-0.39, 0.29) is 0 Å². The van der Waals surface area contributed by atoms with Gasteiger partial charge in [-0.3, -0.25) is 0 Å². The monoisotopic (exact) mass is 173 g/mol. The van der Waals surface area contributed by atoms with Crippen LogP contribution >= 0.6 is 11.6 Å². The second kappa shape index (κ2) is 6.29.